The molecule has 0 fully saturated rings. The first-order chi connectivity index (χ1) is 30.4. The molecule has 2 aliphatic heterocycles. The Morgan fingerprint density at radius 1 is 0.703 bits per heavy atom. The molecular weight excluding hydrogens is 995 g/mol. The highest BCUT2D eigenvalue weighted by molar-refractivity contribution is 7.88. The summed E-state index contributed by atoms with van der Waals surface area (Å²) in [6.45, 7) is 1.55. The van der Waals surface area contributed by atoms with E-state index in [-0.39, 0.29) is 33.1 Å². The summed E-state index contributed by atoms with van der Waals surface area (Å²) in [5.74, 6) is -0.441. The van der Waals surface area contributed by atoms with Crippen LogP contribution in [0.15, 0.2) is 81.5 Å². The zero-order chi connectivity index (χ0) is 45.7. The quantitative estimate of drug-likeness (QED) is 0.0806. The van der Waals surface area contributed by atoms with Gasteiger partial charge in [-0.2, -0.15) is 16.8 Å². The maximum Gasteiger partial charge on any atom is 0.304 e. The molecule has 0 atom stereocenters. The average Bonchev–Trinajstić information content (AvgIpc) is 3.98. The molecule has 2 aliphatic rings. The minimum atomic E-state index is -4.54. The largest absolute Gasteiger partial charge is 0.492 e. The van der Waals surface area contributed by atoms with Crippen LogP contribution in [-0.2, 0) is 33.1 Å². The van der Waals surface area contributed by atoms with Crippen molar-refractivity contribution in [1.82, 2.24) is 14.0 Å². The zero-order valence-electron chi connectivity index (χ0n) is 33.6. The number of rotatable bonds is 14. The zero-order valence-corrected chi connectivity index (χ0v) is 39.9. The predicted molar refractivity (Wildman–Crippen MR) is 250 cm³/mol. The van der Waals surface area contributed by atoms with E-state index in [0.717, 1.165) is 22.7 Å². The first-order valence-electron chi connectivity index (χ1n) is 19.7. The van der Waals surface area contributed by atoms with Crippen LogP contribution in [0.3, 0.4) is 0 Å². The van der Waals surface area contributed by atoms with Gasteiger partial charge in [-0.25, -0.2) is 8.78 Å². The van der Waals surface area contributed by atoms with Gasteiger partial charge in [-0.1, -0.05) is 46.4 Å². The summed E-state index contributed by atoms with van der Waals surface area (Å²) in [5.41, 5.74) is 3.78. The summed E-state index contributed by atoms with van der Waals surface area (Å²) >= 11 is 27.2. The molecule has 0 saturated heterocycles. The molecule has 0 saturated carbocycles. The Morgan fingerprint density at radius 3 is 1.48 bits per heavy atom. The van der Waals surface area contributed by atoms with Crippen molar-refractivity contribution in [2.45, 2.75) is 46.9 Å². The standard InChI is InChI=1S/C43H37Cl4F2N3O8S4/c1-50(14-4-2-6-32(48)28-22-51(34-10-8-24(44)18-30(34)46)40-26(28)12-16-59-36-20-38(61-42(36)40)63(53,54)55)15-5-3-7-33(49)29-23-52(35-11-9-25(45)19-31(35)47)41-27(29)13-17-60-37-21-39(62-43(37)41)64(56,57)58/h6-11,18-23H,2-5,12-17H2,1H3,(H,53,54,55)(H,56,57,58)/b32-6-,33-7-. The van der Waals surface area contributed by atoms with Crippen molar-refractivity contribution in [3.63, 3.8) is 0 Å². The van der Waals surface area contributed by atoms with Gasteiger partial charge in [-0.15, -0.1) is 22.7 Å². The highest BCUT2D eigenvalue weighted by Gasteiger charge is 2.32. The molecule has 6 heterocycles. The fourth-order valence-corrected chi connectivity index (χ4v) is 12.4. The molecule has 338 valence electrons. The van der Waals surface area contributed by atoms with E-state index in [2.05, 4.69) is 4.90 Å². The number of hydrogen-bond acceptors (Lipinski definition) is 9. The van der Waals surface area contributed by atoms with Gasteiger partial charge in [0.05, 0.1) is 55.8 Å². The highest BCUT2D eigenvalue weighted by Crippen LogP contribution is 2.49. The van der Waals surface area contributed by atoms with Crippen LogP contribution in [0.25, 0.3) is 44.2 Å². The Bertz CT molecular complexity index is 2880. The van der Waals surface area contributed by atoms with E-state index < -0.39 is 31.9 Å². The number of ether oxygens (including phenoxy) is 2. The van der Waals surface area contributed by atoms with E-state index in [9.17, 15) is 25.9 Å². The summed E-state index contributed by atoms with van der Waals surface area (Å²) in [4.78, 5) is 2.89. The molecule has 0 radical (unpaired) electrons. The Balaban J connectivity index is 0.953. The van der Waals surface area contributed by atoms with Crippen LogP contribution in [0.1, 0.15) is 47.9 Å². The molecule has 2 N–H and O–H groups in total. The highest BCUT2D eigenvalue weighted by atomic mass is 35.5. The van der Waals surface area contributed by atoms with Crippen molar-refractivity contribution in [2.24, 2.45) is 0 Å². The molecule has 0 amide bonds. The van der Waals surface area contributed by atoms with Gasteiger partial charge >= 0.3 is 20.2 Å². The van der Waals surface area contributed by atoms with E-state index >= 15 is 8.78 Å². The molecule has 6 aromatic rings. The second kappa shape index (κ2) is 18.9. The minimum absolute atomic E-state index is 0.142. The van der Waals surface area contributed by atoms with Crippen molar-refractivity contribution in [1.29, 1.82) is 0 Å². The number of benzene rings is 2. The summed E-state index contributed by atoms with van der Waals surface area (Å²) in [6.07, 6.45) is 8.96. The van der Waals surface area contributed by atoms with Gasteiger partial charge < -0.3 is 23.5 Å². The fraction of sp³-hybridized carbons (Fsp3) is 0.256. The summed E-state index contributed by atoms with van der Waals surface area (Å²) < 4.78 is 115. The average molecular weight is 1030 g/mol. The molecule has 64 heavy (non-hydrogen) atoms. The first kappa shape index (κ1) is 46.8. The van der Waals surface area contributed by atoms with Crippen LogP contribution in [0.5, 0.6) is 11.5 Å². The van der Waals surface area contributed by atoms with Crippen molar-refractivity contribution in [3.05, 3.63) is 115 Å². The number of nitrogens with zero attached hydrogens (tertiary/aromatic N) is 3. The number of aromatic nitrogens is 2. The third kappa shape index (κ3) is 9.72. The van der Waals surface area contributed by atoms with E-state index in [1.807, 2.05) is 7.05 Å². The number of halogens is 6. The topological polar surface area (TPSA) is 140 Å². The van der Waals surface area contributed by atoms with Crippen LogP contribution < -0.4 is 9.47 Å². The lowest BCUT2D eigenvalue weighted by Gasteiger charge is -2.15. The lowest BCUT2D eigenvalue weighted by atomic mass is 10.0. The Hall–Kier alpha value is -3.72. The van der Waals surface area contributed by atoms with E-state index in [4.69, 9.17) is 55.9 Å². The van der Waals surface area contributed by atoms with E-state index in [1.54, 1.807) is 57.9 Å². The maximum absolute atomic E-state index is 16.2. The van der Waals surface area contributed by atoms with Crippen LogP contribution in [0.4, 0.5) is 8.78 Å². The Labute approximate surface area is 396 Å². The smallest absolute Gasteiger partial charge is 0.304 e. The van der Waals surface area contributed by atoms with Crippen LogP contribution >= 0.6 is 69.1 Å². The normalized spacial score (nSPS) is 14.3. The second-order valence-corrected chi connectivity index (χ2v) is 22.1. The molecule has 0 spiro atoms. The maximum atomic E-state index is 16.2. The Kier molecular flexibility index (Phi) is 13.8. The number of fused-ring (bicyclic) bond motifs is 6. The lowest BCUT2D eigenvalue weighted by Crippen LogP contribution is -2.20. The van der Waals surface area contributed by atoms with Gasteiger partial charge in [0.1, 0.15) is 23.2 Å². The molecule has 0 bridgehead atoms. The molecule has 0 unspecified atom stereocenters. The van der Waals surface area contributed by atoms with Gasteiger partial charge in [0.15, 0.2) is 8.42 Å². The third-order valence-electron chi connectivity index (χ3n) is 10.7. The van der Waals surface area contributed by atoms with Crippen LogP contribution in [-0.4, -0.2) is 73.3 Å². The number of hydrogen-bond donors (Lipinski definition) is 2. The van der Waals surface area contributed by atoms with Gasteiger partial charge in [0, 0.05) is 58.5 Å². The van der Waals surface area contributed by atoms with Crippen molar-refractivity contribution < 1.29 is 44.2 Å². The SMILES string of the molecule is CN(CCC/C=C(\F)c1cn(-c2ccc(Cl)cc2Cl)c2c1CCOc1cc(S(=O)(=O)O)sc1-2)CCC/C=C(\F)c1cn(-c2ccc(Cl)cc2Cl)c2c1CCOc1cc(S(=O)(=O)O)sc1-2. The molecule has 2 aromatic carbocycles. The molecular formula is C43H37Cl4F2N3O8S4. The number of allylic oxidation sites excluding steroid dienone is 2. The predicted octanol–water partition coefficient (Wildman–Crippen LogP) is 12.5. The van der Waals surface area contributed by atoms with Crippen molar-refractivity contribution >= 4 is 101 Å². The van der Waals surface area contributed by atoms with Gasteiger partial charge in [-0.3, -0.25) is 9.11 Å². The Morgan fingerprint density at radius 2 is 1.11 bits per heavy atom. The van der Waals surface area contributed by atoms with Gasteiger partial charge in [0.2, 0.25) is 0 Å². The van der Waals surface area contributed by atoms with Crippen molar-refractivity contribution in [3.8, 4) is 44.0 Å². The lowest BCUT2D eigenvalue weighted by molar-refractivity contribution is 0.326. The summed E-state index contributed by atoms with van der Waals surface area (Å²) in [6, 6.07) is 12.3. The molecule has 21 heteroatoms. The van der Waals surface area contributed by atoms with E-state index in [1.165, 1.54) is 24.3 Å². The molecule has 11 nitrogen and oxygen atoms in total. The number of thiophene rings is 2. The summed E-state index contributed by atoms with van der Waals surface area (Å²) in [7, 11) is -7.14. The number of unbranched alkanes of at least 4 members (excludes halogenated alkanes) is 2. The fourth-order valence-electron chi connectivity index (χ4n) is 7.78. The van der Waals surface area contributed by atoms with Crippen LogP contribution in [0, 0.1) is 0 Å². The van der Waals surface area contributed by atoms with Gasteiger partial charge in [0.25, 0.3) is 0 Å². The van der Waals surface area contributed by atoms with Gasteiger partial charge in [-0.05, 0) is 105 Å². The monoisotopic (exact) mass is 1030 g/mol. The van der Waals surface area contributed by atoms with Crippen LogP contribution in [0.2, 0.25) is 20.1 Å². The van der Waals surface area contributed by atoms with E-state index in [0.29, 0.717) is 126 Å². The third-order valence-corrected chi connectivity index (χ3v) is 16.6. The molecule has 0 aliphatic carbocycles. The molecule has 4 aromatic heterocycles. The second-order valence-electron chi connectivity index (χ2n) is 15.0. The first-order valence-corrected chi connectivity index (χ1v) is 25.7. The molecule has 8 rings (SSSR count). The summed E-state index contributed by atoms with van der Waals surface area (Å²) in [5, 5.41) is 1.39. The minimum Gasteiger partial charge on any atom is -0.492 e. The van der Waals surface area contributed by atoms with Crippen molar-refractivity contribution in [2.75, 3.05) is 33.4 Å².